The summed E-state index contributed by atoms with van der Waals surface area (Å²) >= 11 is 0. The van der Waals surface area contributed by atoms with Crippen molar-refractivity contribution in [2.75, 3.05) is 26.7 Å². The zero-order valence-corrected chi connectivity index (χ0v) is 17.8. The number of fused-ring (bicyclic) bond motifs is 4. The van der Waals surface area contributed by atoms with Crippen molar-refractivity contribution in [3.8, 4) is 11.5 Å². The Balaban J connectivity index is 1.20. The van der Waals surface area contributed by atoms with Gasteiger partial charge in [-0.3, -0.25) is 4.98 Å². The van der Waals surface area contributed by atoms with E-state index in [9.17, 15) is 4.39 Å². The highest BCUT2D eigenvalue weighted by molar-refractivity contribution is 5.88. The zero-order chi connectivity index (χ0) is 21.4. The first kappa shape index (κ1) is 19.8. The lowest BCUT2D eigenvalue weighted by Gasteiger charge is -2.30. The number of hydrogen-bond acceptors (Lipinski definition) is 4. The highest BCUT2D eigenvalue weighted by Crippen LogP contribution is 2.38. The zero-order valence-electron chi connectivity index (χ0n) is 17.8. The Morgan fingerprint density at radius 1 is 1.13 bits per heavy atom. The lowest BCUT2D eigenvalue weighted by Crippen LogP contribution is -2.40. The predicted octanol–water partition coefficient (Wildman–Crippen LogP) is 4.80. The Morgan fingerprint density at radius 3 is 2.94 bits per heavy atom. The first-order chi connectivity index (χ1) is 15.1. The Labute approximate surface area is 181 Å². The summed E-state index contributed by atoms with van der Waals surface area (Å²) in [5.41, 5.74) is 2.85. The van der Waals surface area contributed by atoms with Gasteiger partial charge >= 0.3 is 0 Å². The minimum atomic E-state index is -0.166. The van der Waals surface area contributed by atoms with E-state index in [1.165, 1.54) is 6.07 Å². The largest absolute Gasteiger partial charge is 0.486 e. The molecule has 1 aliphatic rings. The number of likely N-dealkylation sites (N-methyl/N-ethyl adjacent to an activating group) is 1. The summed E-state index contributed by atoms with van der Waals surface area (Å²) in [4.78, 5) is 6.85. The van der Waals surface area contributed by atoms with Gasteiger partial charge in [-0.05, 0) is 69.4 Å². The van der Waals surface area contributed by atoms with Crippen molar-refractivity contribution in [3.63, 3.8) is 0 Å². The van der Waals surface area contributed by atoms with Crippen molar-refractivity contribution in [3.05, 3.63) is 66.2 Å². The number of ether oxygens (including phenoxy) is 2. The molecule has 160 valence electrons. The second-order valence-electron chi connectivity index (χ2n) is 8.26. The van der Waals surface area contributed by atoms with E-state index >= 15 is 0 Å². The van der Waals surface area contributed by atoms with E-state index in [4.69, 9.17) is 9.47 Å². The van der Waals surface area contributed by atoms with Gasteiger partial charge in [-0.1, -0.05) is 6.07 Å². The second-order valence-corrected chi connectivity index (χ2v) is 8.26. The van der Waals surface area contributed by atoms with Gasteiger partial charge in [-0.2, -0.15) is 0 Å². The minimum Gasteiger partial charge on any atom is -0.486 e. The maximum Gasteiger partial charge on any atom is 0.171 e. The van der Waals surface area contributed by atoms with Gasteiger partial charge in [0.15, 0.2) is 11.5 Å². The molecular weight excluding hydrogens is 393 g/mol. The summed E-state index contributed by atoms with van der Waals surface area (Å²) in [6.45, 7) is 5.05. The van der Waals surface area contributed by atoms with Crippen LogP contribution < -0.4 is 9.47 Å². The Hall–Kier alpha value is -3.12. The fourth-order valence-electron chi connectivity index (χ4n) is 4.30. The molecule has 2 aromatic carbocycles. The number of benzene rings is 2. The third-order valence-corrected chi connectivity index (χ3v) is 5.85. The first-order valence-electron chi connectivity index (χ1n) is 10.7. The molecule has 1 atom stereocenters. The number of halogens is 1. The second kappa shape index (κ2) is 8.19. The summed E-state index contributed by atoms with van der Waals surface area (Å²) in [7, 11) is 2.10. The maximum atomic E-state index is 13.9. The number of pyridine rings is 1. The lowest BCUT2D eigenvalue weighted by atomic mass is 10.1. The van der Waals surface area contributed by atoms with Gasteiger partial charge < -0.3 is 18.9 Å². The van der Waals surface area contributed by atoms with Crippen molar-refractivity contribution in [2.45, 2.75) is 26.0 Å². The van der Waals surface area contributed by atoms with Crippen LogP contribution in [-0.2, 0) is 6.54 Å². The Kier molecular flexibility index (Phi) is 5.24. The minimum absolute atomic E-state index is 0.0362. The van der Waals surface area contributed by atoms with Gasteiger partial charge in [0.2, 0.25) is 0 Å². The van der Waals surface area contributed by atoms with E-state index in [1.54, 1.807) is 6.07 Å². The van der Waals surface area contributed by atoms with Crippen LogP contribution in [0.5, 0.6) is 11.5 Å². The van der Waals surface area contributed by atoms with Gasteiger partial charge in [-0.15, -0.1) is 0 Å². The van der Waals surface area contributed by atoms with Crippen LogP contribution in [0.15, 0.2) is 54.7 Å². The van der Waals surface area contributed by atoms with E-state index in [-0.39, 0.29) is 11.9 Å². The fourth-order valence-corrected chi connectivity index (χ4v) is 4.30. The predicted molar refractivity (Wildman–Crippen MR) is 120 cm³/mol. The van der Waals surface area contributed by atoms with Crippen LogP contribution in [0.2, 0.25) is 0 Å². The molecule has 1 aliphatic heterocycles. The molecule has 2 aromatic heterocycles. The van der Waals surface area contributed by atoms with Crippen LogP contribution in [0, 0.1) is 12.7 Å². The van der Waals surface area contributed by atoms with Crippen molar-refractivity contribution < 1.29 is 13.9 Å². The molecule has 3 heterocycles. The molecule has 0 radical (unpaired) electrons. The molecule has 5 rings (SSSR count). The number of hydrogen-bond donors (Lipinski definition) is 0. The third-order valence-electron chi connectivity index (χ3n) is 5.85. The van der Waals surface area contributed by atoms with E-state index < -0.39 is 0 Å². The Morgan fingerprint density at radius 2 is 2.03 bits per heavy atom. The van der Waals surface area contributed by atoms with Crippen LogP contribution in [0.25, 0.3) is 21.8 Å². The number of aromatic nitrogens is 2. The van der Waals surface area contributed by atoms with Crippen molar-refractivity contribution in [2.24, 2.45) is 0 Å². The van der Waals surface area contributed by atoms with Crippen molar-refractivity contribution in [1.82, 2.24) is 14.5 Å². The molecule has 4 aromatic rings. The molecule has 0 bridgehead atoms. The van der Waals surface area contributed by atoms with Gasteiger partial charge in [0, 0.05) is 35.8 Å². The summed E-state index contributed by atoms with van der Waals surface area (Å²) in [6, 6.07) is 15.0. The molecule has 0 spiro atoms. The average molecular weight is 420 g/mol. The lowest BCUT2D eigenvalue weighted by molar-refractivity contribution is 0.0667. The molecular formula is C25H26FN3O2. The molecule has 0 saturated heterocycles. The molecule has 0 N–H and O–H groups in total. The summed E-state index contributed by atoms with van der Waals surface area (Å²) in [5.74, 6) is 1.40. The fraction of sp³-hybridized carbons (Fsp3) is 0.320. The van der Waals surface area contributed by atoms with E-state index in [2.05, 4.69) is 27.6 Å². The van der Waals surface area contributed by atoms with E-state index in [1.807, 2.05) is 43.5 Å². The number of rotatable bonds is 6. The van der Waals surface area contributed by atoms with E-state index in [0.29, 0.717) is 12.0 Å². The van der Waals surface area contributed by atoms with Gasteiger partial charge in [0.05, 0.1) is 11.0 Å². The number of nitrogens with zero attached hydrogens (tertiary/aromatic N) is 3. The van der Waals surface area contributed by atoms with Crippen molar-refractivity contribution >= 4 is 21.8 Å². The summed E-state index contributed by atoms with van der Waals surface area (Å²) in [6.07, 6.45) is 2.89. The van der Waals surface area contributed by atoms with Crippen LogP contribution in [0.3, 0.4) is 0 Å². The monoisotopic (exact) mass is 419 g/mol. The van der Waals surface area contributed by atoms with Crippen molar-refractivity contribution in [1.29, 1.82) is 0 Å². The van der Waals surface area contributed by atoms with Gasteiger partial charge in [0.1, 0.15) is 18.5 Å². The first-order valence-corrected chi connectivity index (χ1v) is 10.7. The van der Waals surface area contributed by atoms with Crippen LogP contribution >= 0.6 is 0 Å². The molecule has 31 heavy (non-hydrogen) atoms. The Bertz CT molecular complexity index is 1240. The molecule has 0 saturated carbocycles. The van der Waals surface area contributed by atoms with Crippen LogP contribution in [0.1, 0.15) is 12.1 Å². The molecule has 0 aliphatic carbocycles. The normalized spacial score (nSPS) is 15.8. The highest BCUT2D eigenvalue weighted by atomic mass is 19.1. The maximum absolute atomic E-state index is 13.9. The van der Waals surface area contributed by atoms with Gasteiger partial charge in [0.25, 0.3) is 0 Å². The molecule has 0 fully saturated rings. The topological polar surface area (TPSA) is 39.5 Å². The molecule has 6 heteroatoms. The molecule has 1 unspecified atom stereocenters. The van der Waals surface area contributed by atoms with Crippen LogP contribution in [0.4, 0.5) is 4.39 Å². The van der Waals surface area contributed by atoms with Crippen LogP contribution in [-0.4, -0.2) is 47.3 Å². The third kappa shape index (κ3) is 3.95. The number of aryl methyl sites for hydroxylation is 2. The average Bonchev–Trinajstić information content (AvgIpc) is 3.18. The standard InChI is InChI=1S/C25H26FN3O2/c1-17-7-8-20-22(27-17)9-10-24-25(20)31-18(16-30-24)15-28(2)12-4-13-29-14-11-19-21(26)5-3-6-23(19)29/h3,5-11,14,18H,4,12-13,15-16H2,1-2H3. The van der Waals surface area contributed by atoms with Gasteiger partial charge in [-0.25, -0.2) is 4.39 Å². The molecule has 0 amide bonds. The summed E-state index contributed by atoms with van der Waals surface area (Å²) in [5, 5.41) is 1.67. The SMILES string of the molecule is Cc1ccc2c3c(ccc2n1)OCC(CN(C)CCCn1ccc2c(F)cccc21)O3. The molecule has 5 nitrogen and oxygen atoms in total. The quantitative estimate of drug-likeness (QED) is 0.450. The summed E-state index contributed by atoms with van der Waals surface area (Å²) < 4.78 is 28.3. The smallest absolute Gasteiger partial charge is 0.171 e. The highest BCUT2D eigenvalue weighted by Gasteiger charge is 2.24. The van der Waals surface area contributed by atoms with E-state index in [0.717, 1.165) is 59.7 Å².